The molecule has 0 unspecified atom stereocenters. The lowest BCUT2D eigenvalue weighted by molar-refractivity contribution is 0.199. The number of nitrogens with zero attached hydrogens (tertiary/aromatic N) is 2. The first kappa shape index (κ1) is 14.5. The average Bonchev–Trinajstić information content (AvgIpc) is 2.34. The number of rotatable bonds is 6. The summed E-state index contributed by atoms with van der Waals surface area (Å²) in [5.41, 5.74) is 2.03. The molecule has 0 radical (unpaired) electrons. The van der Waals surface area contributed by atoms with Crippen molar-refractivity contribution in [3.05, 3.63) is 29.8 Å². The first-order chi connectivity index (χ1) is 8.54. The third-order valence-electron chi connectivity index (χ3n) is 2.82. The van der Waals surface area contributed by atoms with Gasteiger partial charge in [-0.1, -0.05) is 26.0 Å². The minimum Gasteiger partial charge on any atom is -0.389 e. The number of hydrogen-bond donors (Lipinski definition) is 1. The van der Waals surface area contributed by atoms with Gasteiger partial charge in [0, 0.05) is 18.8 Å². The highest BCUT2D eigenvalue weighted by Gasteiger charge is 2.09. The Morgan fingerprint density at radius 3 is 2.28 bits per heavy atom. The smallest absolute Gasteiger partial charge is 0.0761 e. The van der Waals surface area contributed by atoms with Gasteiger partial charge in [0.05, 0.1) is 18.6 Å². The third kappa shape index (κ3) is 4.38. The van der Waals surface area contributed by atoms with Crippen molar-refractivity contribution in [2.24, 2.45) is 5.92 Å². The van der Waals surface area contributed by atoms with Gasteiger partial charge >= 0.3 is 0 Å². The lowest BCUT2D eigenvalue weighted by Crippen LogP contribution is -2.28. The number of nitriles is 1. The fourth-order valence-corrected chi connectivity index (χ4v) is 1.92. The predicted molar refractivity (Wildman–Crippen MR) is 74.4 cm³/mol. The van der Waals surface area contributed by atoms with Gasteiger partial charge in [-0.2, -0.15) is 5.26 Å². The van der Waals surface area contributed by atoms with Crippen molar-refractivity contribution in [1.29, 1.82) is 5.26 Å². The van der Waals surface area contributed by atoms with E-state index < -0.39 is 6.10 Å². The highest BCUT2D eigenvalue weighted by Crippen LogP contribution is 2.20. The lowest BCUT2D eigenvalue weighted by atomic mass is 10.1. The van der Waals surface area contributed by atoms with Gasteiger partial charge in [-0.25, -0.2) is 0 Å². The van der Waals surface area contributed by atoms with E-state index in [0.29, 0.717) is 12.3 Å². The molecule has 3 heteroatoms. The summed E-state index contributed by atoms with van der Waals surface area (Å²) in [7, 11) is 0. The maximum absolute atomic E-state index is 9.48. The Morgan fingerprint density at radius 2 is 1.83 bits per heavy atom. The fourth-order valence-electron chi connectivity index (χ4n) is 1.92. The van der Waals surface area contributed by atoms with Crippen molar-refractivity contribution in [2.75, 3.05) is 18.0 Å². The molecule has 0 heterocycles. The molecular formula is C15H22N2O. The van der Waals surface area contributed by atoms with Gasteiger partial charge in [-0.05, 0) is 30.5 Å². The fraction of sp³-hybridized carbons (Fsp3) is 0.533. The van der Waals surface area contributed by atoms with E-state index in [4.69, 9.17) is 5.26 Å². The molecule has 3 nitrogen and oxygen atoms in total. The second-order valence-electron chi connectivity index (χ2n) is 5.02. The Bertz CT molecular complexity index is 390. The molecule has 0 bridgehead atoms. The zero-order valence-corrected chi connectivity index (χ0v) is 11.4. The normalized spacial score (nSPS) is 12.2. The van der Waals surface area contributed by atoms with Crippen LogP contribution in [0.4, 0.5) is 5.69 Å². The van der Waals surface area contributed by atoms with Gasteiger partial charge in [0.1, 0.15) is 0 Å². The molecule has 0 saturated heterocycles. The van der Waals surface area contributed by atoms with E-state index in [1.807, 2.05) is 24.3 Å². The third-order valence-corrected chi connectivity index (χ3v) is 2.82. The van der Waals surface area contributed by atoms with Crippen LogP contribution in [0, 0.1) is 17.2 Å². The minimum absolute atomic E-state index is 0.434. The number of aliphatic hydroxyl groups is 1. The van der Waals surface area contributed by atoms with Crippen molar-refractivity contribution < 1.29 is 5.11 Å². The Hall–Kier alpha value is -1.53. The van der Waals surface area contributed by atoms with Crippen LogP contribution in [-0.2, 0) is 0 Å². The Labute approximate surface area is 110 Å². The van der Waals surface area contributed by atoms with Crippen LogP contribution in [0.25, 0.3) is 0 Å². The molecule has 1 atom stereocenters. The predicted octanol–water partition coefficient (Wildman–Crippen LogP) is 3.12. The van der Waals surface area contributed by atoms with Crippen LogP contribution < -0.4 is 4.90 Å². The molecule has 0 spiro atoms. The summed E-state index contributed by atoms with van der Waals surface area (Å²) in [5, 5.41) is 18.2. The summed E-state index contributed by atoms with van der Waals surface area (Å²) in [4.78, 5) is 2.22. The topological polar surface area (TPSA) is 47.3 Å². The number of benzene rings is 1. The summed E-state index contributed by atoms with van der Waals surface area (Å²) in [6.07, 6.45) is 0.0990. The molecule has 1 aromatic rings. The molecule has 1 aromatic carbocycles. The molecular weight excluding hydrogens is 224 g/mol. The first-order valence-electron chi connectivity index (χ1n) is 6.44. The largest absolute Gasteiger partial charge is 0.389 e. The van der Waals surface area contributed by atoms with E-state index in [9.17, 15) is 5.11 Å². The van der Waals surface area contributed by atoms with Crippen molar-refractivity contribution >= 4 is 5.69 Å². The molecule has 1 rings (SSSR count). The standard InChI is InChI=1S/C15H22N2O/c1-12(2)11-17(10-4-9-16)15-7-5-14(6-8-15)13(3)18/h5-8,12-13,18H,4,10-11H2,1-3H3/t13-/m1/s1. The van der Waals surface area contributed by atoms with E-state index in [1.165, 1.54) is 0 Å². The number of hydrogen-bond acceptors (Lipinski definition) is 3. The molecule has 18 heavy (non-hydrogen) atoms. The molecule has 0 amide bonds. The Balaban J connectivity index is 2.81. The summed E-state index contributed by atoms with van der Waals surface area (Å²) in [5.74, 6) is 0.556. The van der Waals surface area contributed by atoms with Gasteiger partial charge in [0.15, 0.2) is 0 Å². The molecule has 0 aliphatic heterocycles. The average molecular weight is 246 g/mol. The van der Waals surface area contributed by atoms with E-state index in [-0.39, 0.29) is 0 Å². The zero-order chi connectivity index (χ0) is 13.5. The molecule has 0 aliphatic carbocycles. The van der Waals surface area contributed by atoms with Gasteiger partial charge in [-0.15, -0.1) is 0 Å². The van der Waals surface area contributed by atoms with E-state index in [2.05, 4.69) is 24.8 Å². The van der Waals surface area contributed by atoms with Crippen molar-refractivity contribution in [3.8, 4) is 6.07 Å². The molecule has 0 aromatic heterocycles. The van der Waals surface area contributed by atoms with Gasteiger partial charge in [0.25, 0.3) is 0 Å². The highest BCUT2D eigenvalue weighted by atomic mass is 16.3. The SMILES string of the molecule is CC(C)CN(CCC#N)c1ccc([C@@H](C)O)cc1. The highest BCUT2D eigenvalue weighted by molar-refractivity contribution is 5.48. The van der Waals surface area contributed by atoms with E-state index in [1.54, 1.807) is 6.92 Å². The summed E-state index contributed by atoms with van der Waals surface area (Å²) in [6, 6.07) is 10.1. The molecule has 0 aliphatic rings. The summed E-state index contributed by atoms with van der Waals surface area (Å²) < 4.78 is 0. The van der Waals surface area contributed by atoms with E-state index >= 15 is 0 Å². The van der Waals surface area contributed by atoms with Crippen LogP contribution >= 0.6 is 0 Å². The Morgan fingerprint density at radius 1 is 1.22 bits per heavy atom. The number of aliphatic hydroxyl groups excluding tert-OH is 1. The van der Waals surface area contributed by atoms with Gasteiger partial charge < -0.3 is 10.0 Å². The van der Waals surface area contributed by atoms with Crippen LogP contribution in [0.15, 0.2) is 24.3 Å². The quantitative estimate of drug-likeness (QED) is 0.839. The minimum atomic E-state index is -0.434. The van der Waals surface area contributed by atoms with E-state index in [0.717, 1.165) is 24.3 Å². The summed E-state index contributed by atoms with van der Waals surface area (Å²) >= 11 is 0. The first-order valence-corrected chi connectivity index (χ1v) is 6.44. The second kappa shape index (κ2) is 7.03. The van der Waals surface area contributed by atoms with Crippen LogP contribution in [0.3, 0.4) is 0 Å². The molecule has 0 saturated carbocycles. The molecule has 0 fully saturated rings. The maximum Gasteiger partial charge on any atom is 0.0761 e. The monoisotopic (exact) mass is 246 g/mol. The molecule has 98 valence electrons. The summed E-state index contributed by atoms with van der Waals surface area (Å²) in [6.45, 7) is 7.79. The van der Waals surface area contributed by atoms with Crippen LogP contribution in [0.5, 0.6) is 0 Å². The van der Waals surface area contributed by atoms with Crippen LogP contribution in [-0.4, -0.2) is 18.2 Å². The number of anilines is 1. The zero-order valence-electron chi connectivity index (χ0n) is 11.4. The van der Waals surface area contributed by atoms with Crippen molar-refractivity contribution in [2.45, 2.75) is 33.3 Å². The second-order valence-corrected chi connectivity index (χ2v) is 5.02. The molecule has 1 N–H and O–H groups in total. The lowest BCUT2D eigenvalue weighted by Gasteiger charge is -2.26. The van der Waals surface area contributed by atoms with Gasteiger partial charge in [-0.3, -0.25) is 0 Å². The maximum atomic E-state index is 9.48. The van der Waals surface area contributed by atoms with Crippen LogP contribution in [0.1, 0.15) is 38.9 Å². The van der Waals surface area contributed by atoms with Crippen molar-refractivity contribution in [1.82, 2.24) is 0 Å². The van der Waals surface area contributed by atoms with Gasteiger partial charge in [0.2, 0.25) is 0 Å². The Kier molecular flexibility index (Phi) is 5.67. The van der Waals surface area contributed by atoms with Crippen LogP contribution in [0.2, 0.25) is 0 Å². The van der Waals surface area contributed by atoms with Crippen molar-refractivity contribution in [3.63, 3.8) is 0 Å².